The number of aromatic nitrogens is 3. The summed E-state index contributed by atoms with van der Waals surface area (Å²) in [5, 5.41) is 4.15. The molecule has 1 aromatic carbocycles. The van der Waals surface area contributed by atoms with Crippen molar-refractivity contribution in [3.63, 3.8) is 0 Å². The van der Waals surface area contributed by atoms with E-state index >= 15 is 0 Å². The maximum atomic E-state index is 12.3. The Labute approximate surface area is 118 Å². The molecule has 3 aromatic rings. The summed E-state index contributed by atoms with van der Waals surface area (Å²) in [6.07, 6.45) is 1.67. The van der Waals surface area contributed by atoms with Gasteiger partial charge in [-0.1, -0.05) is 23.5 Å². The third-order valence-electron chi connectivity index (χ3n) is 2.40. The maximum Gasteiger partial charge on any atom is 0.387 e. The monoisotopic (exact) mass is 345 g/mol. The standard InChI is InChI=1S/C11H6BrF2N3OS/c12-9-16-17-5-7(15-11(17)19-9)6-3-1-2-4-8(6)18-10(13)14/h1-5,10H. The van der Waals surface area contributed by atoms with Gasteiger partial charge in [-0.25, -0.2) is 9.50 Å². The molecule has 0 saturated heterocycles. The summed E-state index contributed by atoms with van der Waals surface area (Å²) in [5.41, 5.74) is 1.05. The number of nitrogens with zero attached hydrogens (tertiary/aromatic N) is 3. The Hall–Kier alpha value is -1.54. The van der Waals surface area contributed by atoms with E-state index in [9.17, 15) is 8.78 Å². The second kappa shape index (κ2) is 4.86. The molecule has 19 heavy (non-hydrogen) atoms. The van der Waals surface area contributed by atoms with Crippen LogP contribution in [0.3, 0.4) is 0 Å². The summed E-state index contributed by atoms with van der Waals surface area (Å²) in [6, 6.07) is 6.54. The maximum absolute atomic E-state index is 12.3. The fraction of sp³-hybridized carbons (Fsp3) is 0.0909. The number of hydrogen-bond donors (Lipinski definition) is 0. The van der Waals surface area contributed by atoms with Crippen LogP contribution in [0.4, 0.5) is 8.78 Å². The van der Waals surface area contributed by atoms with Gasteiger partial charge >= 0.3 is 6.61 Å². The number of para-hydroxylation sites is 1. The number of ether oxygens (including phenoxy) is 1. The molecule has 2 aromatic heterocycles. The van der Waals surface area contributed by atoms with E-state index in [-0.39, 0.29) is 5.75 Å². The molecule has 0 amide bonds. The van der Waals surface area contributed by atoms with Gasteiger partial charge in [0.1, 0.15) is 5.75 Å². The quantitative estimate of drug-likeness (QED) is 0.724. The largest absolute Gasteiger partial charge is 0.434 e. The van der Waals surface area contributed by atoms with Crippen molar-refractivity contribution in [2.75, 3.05) is 0 Å². The summed E-state index contributed by atoms with van der Waals surface area (Å²) in [7, 11) is 0. The van der Waals surface area contributed by atoms with E-state index in [1.165, 1.54) is 17.4 Å². The third-order valence-corrected chi connectivity index (χ3v) is 3.75. The summed E-state index contributed by atoms with van der Waals surface area (Å²) in [5.74, 6) is 0.0994. The van der Waals surface area contributed by atoms with Crippen molar-refractivity contribution < 1.29 is 13.5 Å². The minimum absolute atomic E-state index is 0.0994. The molecule has 0 aliphatic heterocycles. The molecule has 0 fully saturated rings. The first kappa shape index (κ1) is 12.5. The molecule has 2 heterocycles. The highest BCUT2D eigenvalue weighted by molar-refractivity contribution is 9.11. The topological polar surface area (TPSA) is 39.4 Å². The van der Waals surface area contributed by atoms with Gasteiger partial charge in [-0.15, -0.1) is 5.10 Å². The Kier molecular flexibility index (Phi) is 3.19. The number of imidazole rings is 1. The first-order valence-corrected chi connectivity index (χ1v) is 6.80. The highest BCUT2D eigenvalue weighted by Gasteiger charge is 2.14. The molecule has 0 bridgehead atoms. The SMILES string of the molecule is FC(F)Oc1ccccc1-c1cn2nc(Br)sc2n1. The summed E-state index contributed by atoms with van der Waals surface area (Å²) in [4.78, 5) is 5.01. The molecule has 0 aliphatic rings. The van der Waals surface area contributed by atoms with E-state index < -0.39 is 6.61 Å². The lowest BCUT2D eigenvalue weighted by atomic mass is 10.1. The number of alkyl halides is 2. The van der Waals surface area contributed by atoms with Crippen LogP contribution in [0.15, 0.2) is 34.4 Å². The molecule has 0 radical (unpaired) electrons. The molecule has 0 atom stereocenters. The molecule has 98 valence electrons. The zero-order valence-corrected chi connectivity index (χ0v) is 11.7. The van der Waals surface area contributed by atoms with E-state index in [0.29, 0.717) is 20.1 Å². The van der Waals surface area contributed by atoms with Crippen LogP contribution in [-0.2, 0) is 0 Å². The minimum Gasteiger partial charge on any atom is -0.434 e. The lowest BCUT2D eigenvalue weighted by molar-refractivity contribution is -0.0494. The number of rotatable bonds is 3. The van der Waals surface area contributed by atoms with Gasteiger partial charge in [0.25, 0.3) is 0 Å². The van der Waals surface area contributed by atoms with Crippen LogP contribution >= 0.6 is 27.3 Å². The first-order chi connectivity index (χ1) is 9.13. The van der Waals surface area contributed by atoms with Crippen LogP contribution < -0.4 is 4.74 Å². The fourth-order valence-electron chi connectivity index (χ4n) is 1.68. The van der Waals surface area contributed by atoms with Gasteiger partial charge < -0.3 is 4.74 Å². The molecule has 8 heteroatoms. The van der Waals surface area contributed by atoms with Gasteiger partial charge in [0.2, 0.25) is 4.96 Å². The molecule has 0 spiro atoms. The molecular formula is C11H6BrF2N3OS. The number of fused-ring (bicyclic) bond motifs is 1. The van der Waals surface area contributed by atoms with Gasteiger partial charge in [0.05, 0.1) is 11.9 Å². The van der Waals surface area contributed by atoms with Crippen molar-refractivity contribution in [3.8, 4) is 17.0 Å². The highest BCUT2D eigenvalue weighted by Crippen LogP contribution is 2.31. The number of hydrogen-bond acceptors (Lipinski definition) is 4. The Morgan fingerprint density at radius 3 is 2.84 bits per heavy atom. The minimum atomic E-state index is -2.86. The average Bonchev–Trinajstić information content (AvgIpc) is 2.85. The second-order valence-corrected chi connectivity index (χ2v) is 5.81. The van der Waals surface area contributed by atoms with E-state index in [1.807, 2.05) is 0 Å². The smallest absolute Gasteiger partial charge is 0.387 e. The fourth-order valence-corrected chi connectivity index (χ4v) is 2.90. The molecule has 0 N–H and O–H groups in total. The first-order valence-electron chi connectivity index (χ1n) is 5.19. The summed E-state index contributed by atoms with van der Waals surface area (Å²) in [6.45, 7) is -2.86. The van der Waals surface area contributed by atoms with Crippen molar-refractivity contribution in [1.82, 2.24) is 14.6 Å². The summed E-state index contributed by atoms with van der Waals surface area (Å²) < 4.78 is 31.5. The molecule has 0 aliphatic carbocycles. The third kappa shape index (κ3) is 2.45. The Morgan fingerprint density at radius 2 is 2.11 bits per heavy atom. The van der Waals surface area contributed by atoms with Gasteiger partial charge in [-0.05, 0) is 28.1 Å². The van der Waals surface area contributed by atoms with Crippen molar-refractivity contribution in [2.45, 2.75) is 6.61 Å². The molecule has 0 saturated carbocycles. The molecule has 0 unspecified atom stereocenters. The Bertz CT molecular complexity index is 696. The Balaban J connectivity index is 2.07. The molecular weight excluding hydrogens is 340 g/mol. The van der Waals surface area contributed by atoms with E-state index in [2.05, 4.69) is 30.7 Å². The average molecular weight is 346 g/mol. The molecule has 3 rings (SSSR count). The zero-order chi connectivity index (χ0) is 13.4. The van der Waals surface area contributed by atoms with Crippen molar-refractivity contribution in [2.24, 2.45) is 0 Å². The van der Waals surface area contributed by atoms with Crippen LogP contribution in [0, 0.1) is 0 Å². The predicted octanol–water partition coefficient (Wildman–Crippen LogP) is 3.82. The van der Waals surface area contributed by atoms with Crippen LogP contribution in [0.25, 0.3) is 16.2 Å². The van der Waals surface area contributed by atoms with Gasteiger partial charge in [-0.3, -0.25) is 0 Å². The zero-order valence-electron chi connectivity index (χ0n) is 9.26. The lowest BCUT2D eigenvalue weighted by Crippen LogP contribution is -2.03. The van der Waals surface area contributed by atoms with Crippen LogP contribution in [0.2, 0.25) is 0 Å². The van der Waals surface area contributed by atoms with Crippen molar-refractivity contribution in [1.29, 1.82) is 0 Å². The number of halogens is 3. The molecule has 4 nitrogen and oxygen atoms in total. The van der Waals surface area contributed by atoms with Crippen molar-refractivity contribution in [3.05, 3.63) is 34.4 Å². The second-order valence-electron chi connectivity index (χ2n) is 3.58. The van der Waals surface area contributed by atoms with Crippen LogP contribution in [0.1, 0.15) is 0 Å². The Morgan fingerprint density at radius 1 is 1.32 bits per heavy atom. The van der Waals surface area contributed by atoms with E-state index in [1.54, 1.807) is 28.9 Å². The van der Waals surface area contributed by atoms with Crippen molar-refractivity contribution >= 4 is 32.2 Å². The van der Waals surface area contributed by atoms with E-state index in [4.69, 9.17) is 0 Å². The summed E-state index contributed by atoms with van der Waals surface area (Å²) >= 11 is 4.61. The lowest BCUT2D eigenvalue weighted by Gasteiger charge is -2.08. The van der Waals surface area contributed by atoms with Gasteiger partial charge in [0.15, 0.2) is 3.92 Å². The normalized spacial score (nSPS) is 11.4. The number of benzene rings is 1. The van der Waals surface area contributed by atoms with Crippen LogP contribution in [0.5, 0.6) is 5.75 Å². The predicted molar refractivity (Wildman–Crippen MR) is 70.6 cm³/mol. The van der Waals surface area contributed by atoms with Gasteiger partial charge in [-0.2, -0.15) is 8.78 Å². The highest BCUT2D eigenvalue weighted by atomic mass is 79.9. The van der Waals surface area contributed by atoms with Gasteiger partial charge in [0, 0.05) is 5.56 Å². The van der Waals surface area contributed by atoms with Crippen LogP contribution in [-0.4, -0.2) is 21.2 Å². The van der Waals surface area contributed by atoms with E-state index in [0.717, 1.165) is 0 Å².